The van der Waals surface area contributed by atoms with Crippen molar-refractivity contribution in [2.24, 2.45) is 7.05 Å². The van der Waals surface area contributed by atoms with Gasteiger partial charge in [-0.3, -0.25) is 0 Å². The Morgan fingerprint density at radius 3 is 2.71 bits per heavy atom. The van der Waals surface area contributed by atoms with E-state index < -0.39 is 0 Å². The lowest BCUT2D eigenvalue weighted by atomic mass is 10.2. The third-order valence-electron chi connectivity index (χ3n) is 4.13. The Kier molecular flexibility index (Phi) is 3.88. The van der Waals surface area contributed by atoms with Crippen molar-refractivity contribution in [3.8, 4) is 11.5 Å². The molecule has 0 radical (unpaired) electrons. The van der Waals surface area contributed by atoms with E-state index in [0.29, 0.717) is 6.61 Å². The van der Waals surface area contributed by atoms with Gasteiger partial charge in [0.1, 0.15) is 12.7 Å². The standard InChI is InChI=1S/C17H22N2O2/c1-12-8-14(13(2)19(12)3)9-18-10-15-11-20-16-6-4-5-7-17(16)21-15/h4-8,15,18H,9-11H2,1-3H3. The molecule has 1 aromatic carbocycles. The molecule has 1 unspecified atom stereocenters. The minimum absolute atomic E-state index is 0.0602. The molecule has 4 heteroatoms. The van der Waals surface area contributed by atoms with Gasteiger partial charge >= 0.3 is 0 Å². The van der Waals surface area contributed by atoms with E-state index >= 15 is 0 Å². The van der Waals surface area contributed by atoms with Crippen LogP contribution in [0.4, 0.5) is 0 Å². The third-order valence-corrected chi connectivity index (χ3v) is 4.13. The largest absolute Gasteiger partial charge is 0.486 e. The number of benzene rings is 1. The fourth-order valence-corrected chi connectivity index (χ4v) is 2.64. The molecule has 3 rings (SSSR count). The van der Waals surface area contributed by atoms with Crippen LogP contribution >= 0.6 is 0 Å². The van der Waals surface area contributed by atoms with E-state index in [0.717, 1.165) is 24.6 Å². The predicted octanol–water partition coefficient (Wildman–Crippen LogP) is 2.57. The van der Waals surface area contributed by atoms with Crippen LogP contribution in [0.5, 0.6) is 11.5 Å². The molecule has 1 N–H and O–H groups in total. The van der Waals surface area contributed by atoms with E-state index in [1.54, 1.807) is 0 Å². The second-order valence-corrected chi connectivity index (χ2v) is 5.58. The summed E-state index contributed by atoms with van der Waals surface area (Å²) in [5, 5.41) is 3.47. The Hall–Kier alpha value is -1.94. The lowest BCUT2D eigenvalue weighted by Crippen LogP contribution is -2.38. The van der Waals surface area contributed by atoms with Crippen molar-refractivity contribution in [3.63, 3.8) is 0 Å². The first-order chi connectivity index (χ1) is 10.1. The van der Waals surface area contributed by atoms with Crippen LogP contribution in [-0.4, -0.2) is 23.8 Å². The Morgan fingerprint density at radius 1 is 1.24 bits per heavy atom. The molecular formula is C17H22N2O2. The molecule has 0 spiro atoms. The minimum atomic E-state index is 0.0602. The summed E-state index contributed by atoms with van der Waals surface area (Å²) in [6.45, 7) is 6.51. The average molecular weight is 286 g/mol. The molecule has 0 saturated carbocycles. The summed E-state index contributed by atoms with van der Waals surface area (Å²) in [6, 6.07) is 10.0. The SMILES string of the molecule is Cc1cc(CNCC2COc3ccccc3O2)c(C)n1C. The highest BCUT2D eigenvalue weighted by atomic mass is 16.6. The van der Waals surface area contributed by atoms with Crippen molar-refractivity contribution in [2.45, 2.75) is 26.5 Å². The highest BCUT2D eigenvalue weighted by molar-refractivity contribution is 5.40. The summed E-state index contributed by atoms with van der Waals surface area (Å²) in [6.07, 6.45) is 0.0602. The van der Waals surface area contributed by atoms with Crippen LogP contribution in [-0.2, 0) is 13.6 Å². The summed E-state index contributed by atoms with van der Waals surface area (Å²) >= 11 is 0. The Bertz CT molecular complexity index is 634. The molecule has 2 heterocycles. The number of fused-ring (bicyclic) bond motifs is 1. The zero-order valence-corrected chi connectivity index (χ0v) is 12.8. The van der Waals surface area contributed by atoms with Crippen molar-refractivity contribution in [2.75, 3.05) is 13.2 Å². The zero-order valence-electron chi connectivity index (χ0n) is 12.8. The second-order valence-electron chi connectivity index (χ2n) is 5.58. The minimum Gasteiger partial charge on any atom is -0.486 e. The molecule has 0 amide bonds. The number of hydrogen-bond donors (Lipinski definition) is 1. The maximum atomic E-state index is 5.94. The quantitative estimate of drug-likeness (QED) is 0.938. The molecule has 0 fully saturated rings. The van der Waals surface area contributed by atoms with E-state index in [1.165, 1.54) is 17.0 Å². The van der Waals surface area contributed by atoms with Gasteiger partial charge in [-0.1, -0.05) is 12.1 Å². The van der Waals surface area contributed by atoms with Gasteiger partial charge in [0.2, 0.25) is 0 Å². The summed E-state index contributed by atoms with van der Waals surface area (Å²) < 4.78 is 13.9. The number of para-hydroxylation sites is 2. The van der Waals surface area contributed by atoms with E-state index in [1.807, 2.05) is 24.3 Å². The first kappa shape index (κ1) is 14.0. The summed E-state index contributed by atoms with van der Waals surface area (Å²) in [5.74, 6) is 1.67. The molecule has 0 aliphatic carbocycles. The molecule has 4 nitrogen and oxygen atoms in total. The summed E-state index contributed by atoms with van der Waals surface area (Å²) in [5.41, 5.74) is 3.94. The van der Waals surface area contributed by atoms with Crippen molar-refractivity contribution in [3.05, 3.63) is 47.3 Å². The monoisotopic (exact) mass is 286 g/mol. The summed E-state index contributed by atoms with van der Waals surface area (Å²) in [7, 11) is 2.10. The van der Waals surface area contributed by atoms with E-state index in [9.17, 15) is 0 Å². The van der Waals surface area contributed by atoms with Gasteiger partial charge in [-0.2, -0.15) is 0 Å². The molecule has 21 heavy (non-hydrogen) atoms. The maximum absolute atomic E-state index is 5.94. The van der Waals surface area contributed by atoms with Crippen molar-refractivity contribution < 1.29 is 9.47 Å². The summed E-state index contributed by atoms with van der Waals surface area (Å²) in [4.78, 5) is 0. The third kappa shape index (κ3) is 2.90. The number of nitrogens with one attached hydrogen (secondary N) is 1. The van der Waals surface area contributed by atoms with E-state index in [4.69, 9.17) is 9.47 Å². The van der Waals surface area contributed by atoms with Crippen molar-refractivity contribution in [1.82, 2.24) is 9.88 Å². The van der Waals surface area contributed by atoms with E-state index in [2.05, 4.69) is 36.8 Å². The molecule has 1 aliphatic heterocycles. The van der Waals surface area contributed by atoms with Gasteiger partial charge in [-0.25, -0.2) is 0 Å². The highest BCUT2D eigenvalue weighted by Gasteiger charge is 2.20. The smallest absolute Gasteiger partial charge is 0.161 e. The molecule has 0 bridgehead atoms. The first-order valence-electron chi connectivity index (χ1n) is 7.36. The van der Waals surface area contributed by atoms with Crippen LogP contribution in [0.1, 0.15) is 17.0 Å². The maximum Gasteiger partial charge on any atom is 0.161 e. The topological polar surface area (TPSA) is 35.4 Å². The Labute approximate surface area is 125 Å². The van der Waals surface area contributed by atoms with Gasteiger partial charge in [-0.15, -0.1) is 0 Å². The first-order valence-corrected chi connectivity index (χ1v) is 7.36. The van der Waals surface area contributed by atoms with Crippen LogP contribution in [0.3, 0.4) is 0 Å². The number of hydrogen-bond acceptors (Lipinski definition) is 3. The average Bonchev–Trinajstić information content (AvgIpc) is 2.74. The zero-order chi connectivity index (χ0) is 14.8. The van der Waals surface area contributed by atoms with Gasteiger partial charge in [0, 0.05) is 31.5 Å². The second kappa shape index (κ2) is 5.82. The fraction of sp³-hybridized carbons (Fsp3) is 0.412. The predicted molar refractivity (Wildman–Crippen MR) is 82.9 cm³/mol. The van der Waals surface area contributed by atoms with Gasteiger partial charge in [0.25, 0.3) is 0 Å². The number of aromatic nitrogens is 1. The van der Waals surface area contributed by atoms with Crippen LogP contribution in [0.15, 0.2) is 30.3 Å². The molecule has 0 saturated heterocycles. The number of aryl methyl sites for hydroxylation is 1. The van der Waals surface area contributed by atoms with Crippen LogP contribution < -0.4 is 14.8 Å². The lowest BCUT2D eigenvalue weighted by molar-refractivity contribution is 0.0902. The van der Waals surface area contributed by atoms with Gasteiger partial charge in [0.15, 0.2) is 11.5 Å². The molecule has 1 aliphatic rings. The highest BCUT2D eigenvalue weighted by Crippen LogP contribution is 2.30. The van der Waals surface area contributed by atoms with Crippen LogP contribution in [0.25, 0.3) is 0 Å². The molecule has 1 aromatic heterocycles. The van der Waals surface area contributed by atoms with Crippen LogP contribution in [0.2, 0.25) is 0 Å². The number of nitrogens with zero attached hydrogens (tertiary/aromatic N) is 1. The van der Waals surface area contributed by atoms with E-state index in [-0.39, 0.29) is 6.10 Å². The Balaban J connectivity index is 1.54. The van der Waals surface area contributed by atoms with Gasteiger partial charge in [0.05, 0.1) is 0 Å². The van der Waals surface area contributed by atoms with Crippen molar-refractivity contribution >= 4 is 0 Å². The molecule has 112 valence electrons. The number of rotatable bonds is 4. The van der Waals surface area contributed by atoms with Gasteiger partial charge < -0.3 is 19.4 Å². The normalized spacial score (nSPS) is 17.0. The Morgan fingerprint density at radius 2 is 2.00 bits per heavy atom. The molecule has 1 atom stereocenters. The molecular weight excluding hydrogens is 264 g/mol. The van der Waals surface area contributed by atoms with Crippen molar-refractivity contribution in [1.29, 1.82) is 0 Å². The fourth-order valence-electron chi connectivity index (χ4n) is 2.64. The number of ether oxygens (including phenoxy) is 2. The lowest BCUT2D eigenvalue weighted by Gasteiger charge is -2.26. The molecule has 2 aromatic rings. The van der Waals surface area contributed by atoms with Gasteiger partial charge in [-0.05, 0) is 37.6 Å². The van der Waals surface area contributed by atoms with Crippen LogP contribution in [0, 0.1) is 13.8 Å².